The Morgan fingerprint density at radius 1 is 1.09 bits per heavy atom. The number of nitrogens with two attached hydrogens (primary N) is 1. The summed E-state index contributed by atoms with van der Waals surface area (Å²) in [6.45, 7) is 5.82. The predicted octanol–water partition coefficient (Wildman–Crippen LogP) is 4.06. The smallest absolute Gasteiger partial charge is 0.261 e. The maximum atomic E-state index is 12.9. The Hall–Kier alpha value is -3.72. The zero-order valence-corrected chi connectivity index (χ0v) is 19.5. The van der Waals surface area contributed by atoms with E-state index in [4.69, 9.17) is 5.73 Å². The first-order chi connectivity index (χ1) is 15.9. The third-order valence-corrected chi connectivity index (χ3v) is 6.12. The first-order valence-electron chi connectivity index (χ1n) is 10.8. The minimum atomic E-state index is -0.258. The van der Waals surface area contributed by atoms with Crippen molar-refractivity contribution in [1.82, 2.24) is 25.2 Å². The summed E-state index contributed by atoms with van der Waals surface area (Å²) in [4.78, 5) is 30.5. The lowest BCUT2D eigenvalue weighted by Crippen LogP contribution is -2.30. The van der Waals surface area contributed by atoms with E-state index in [9.17, 15) is 9.59 Å². The average molecular weight is 463 g/mol. The maximum Gasteiger partial charge on any atom is 0.261 e. The van der Waals surface area contributed by atoms with Crippen LogP contribution in [0.3, 0.4) is 0 Å². The lowest BCUT2D eigenvalue weighted by Gasteiger charge is -2.16. The highest BCUT2D eigenvalue weighted by Crippen LogP contribution is 2.28. The minimum absolute atomic E-state index is 0.0333. The summed E-state index contributed by atoms with van der Waals surface area (Å²) in [6, 6.07) is 13.4. The summed E-state index contributed by atoms with van der Waals surface area (Å²) >= 11 is 1.35. The first kappa shape index (κ1) is 22.5. The number of nitrogen functional groups attached to an aromatic ring is 1. The lowest BCUT2D eigenvalue weighted by molar-refractivity contribution is 0.0933. The van der Waals surface area contributed by atoms with Crippen molar-refractivity contribution in [2.45, 2.75) is 39.3 Å². The van der Waals surface area contributed by atoms with Gasteiger partial charge in [-0.25, -0.2) is 4.52 Å². The van der Waals surface area contributed by atoms with Gasteiger partial charge in [0.1, 0.15) is 0 Å². The van der Waals surface area contributed by atoms with Crippen molar-refractivity contribution < 1.29 is 9.59 Å². The van der Waals surface area contributed by atoms with E-state index in [1.54, 1.807) is 12.3 Å². The third-order valence-electron chi connectivity index (χ3n) is 5.19. The van der Waals surface area contributed by atoms with Crippen LogP contribution in [0.15, 0.2) is 54.0 Å². The Morgan fingerprint density at radius 3 is 2.55 bits per heavy atom. The number of aromatic nitrogens is 3. The average Bonchev–Trinajstić information content (AvgIpc) is 3.43. The molecule has 0 aliphatic rings. The highest BCUT2D eigenvalue weighted by atomic mass is 32.1. The van der Waals surface area contributed by atoms with Crippen molar-refractivity contribution in [3.05, 3.63) is 70.0 Å². The van der Waals surface area contributed by atoms with Crippen molar-refractivity contribution in [2.24, 2.45) is 0 Å². The van der Waals surface area contributed by atoms with Gasteiger partial charge in [0.25, 0.3) is 11.8 Å². The molecular weight excluding hydrogens is 436 g/mol. The number of nitrogens with zero attached hydrogens (tertiary/aromatic N) is 3. The number of fused-ring (bicyclic) bond motifs is 1. The summed E-state index contributed by atoms with van der Waals surface area (Å²) in [7, 11) is 0. The van der Waals surface area contributed by atoms with Gasteiger partial charge in [-0.3, -0.25) is 9.59 Å². The second-order valence-electron chi connectivity index (χ2n) is 8.05. The van der Waals surface area contributed by atoms with Crippen LogP contribution in [0.1, 0.15) is 58.8 Å². The normalized spacial score (nSPS) is 12.1. The van der Waals surface area contributed by atoms with Crippen LogP contribution < -0.4 is 16.4 Å². The number of anilines is 1. The number of benzene rings is 1. The molecule has 1 atom stereocenters. The van der Waals surface area contributed by atoms with Gasteiger partial charge in [-0.15, -0.1) is 16.4 Å². The monoisotopic (exact) mass is 462 g/mol. The number of nitrogens with one attached hydrogen (secondary N) is 2. The van der Waals surface area contributed by atoms with Gasteiger partial charge in [0.05, 0.1) is 16.5 Å². The lowest BCUT2D eigenvalue weighted by atomic mass is 10.0. The number of carbonyl (C=O) groups is 2. The van der Waals surface area contributed by atoms with E-state index in [-0.39, 0.29) is 29.8 Å². The van der Waals surface area contributed by atoms with Crippen molar-refractivity contribution in [3.63, 3.8) is 0 Å². The molecule has 2 amide bonds. The second-order valence-corrected chi connectivity index (χ2v) is 8.96. The topological polar surface area (TPSA) is 114 Å². The van der Waals surface area contributed by atoms with Crippen molar-refractivity contribution >= 4 is 34.7 Å². The molecule has 1 aromatic carbocycles. The largest absolute Gasteiger partial charge is 0.366 e. The molecular formula is C24H26N6O2S. The molecule has 0 aliphatic heterocycles. The van der Waals surface area contributed by atoms with Gasteiger partial charge in [0, 0.05) is 17.8 Å². The van der Waals surface area contributed by atoms with Gasteiger partial charge in [-0.1, -0.05) is 37.3 Å². The molecule has 4 aromatic rings. The summed E-state index contributed by atoms with van der Waals surface area (Å²) in [5.41, 5.74) is 9.16. The number of thiophene rings is 1. The van der Waals surface area contributed by atoms with Gasteiger partial charge in [0.2, 0.25) is 5.95 Å². The van der Waals surface area contributed by atoms with Crippen LogP contribution in [0.2, 0.25) is 0 Å². The van der Waals surface area contributed by atoms with Crippen molar-refractivity contribution in [1.29, 1.82) is 0 Å². The standard InChI is InChI=1S/C24H26N6O2S/c1-4-19(15-8-6-5-7-9-15)27-23(32)20-11-17(13-33-20)16-10-18(22(31)26-14(2)3)21-28-24(25)29-30(21)12-16/h5-14,19H,4H2,1-3H3,(H2,25,29)(H,26,31)(H,27,32)/t19-/m0/s1. The zero-order chi connectivity index (χ0) is 23.5. The molecule has 0 aliphatic carbocycles. The third kappa shape index (κ3) is 4.88. The molecule has 33 heavy (non-hydrogen) atoms. The molecule has 9 heteroatoms. The van der Waals surface area contributed by atoms with Crippen LogP contribution in [-0.2, 0) is 0 Å². The zero-order valence-electron chi connectivity index (χ0n) is 18.7. The van der Waals surface area contributed by atoms with E-state index in [1.807, 2.05) is 62.5 Å². The Bertz CT molecular complexity index is 1300. The molecule has 8 nitrogen and oxygen atoms in total. The minimum Gasteiger partial charge on any atom is -0.366 e. The number of rotatable bonds is 7. The van der Waals surface area contributed by atoms with E-state index in [2.05, 4.69) is 20.7 Å². The number of hydrogen-bond acceptors (Lipinski definition) is 6. The molecule has 4 N–H and O–H groups in total. The summed E-state index contributed by atoms with van der Waals surface area (Å²) in [5.74, 6) is -0.306. The van der Waals surface area contributed by atoms with E-state index in [1.165, 1.54) is 15.9 Å². The molecule has 0 bridgehead atoms. The molecule has 3 heterocycles. The maximum absolute atomic E-state index is 12.9. The predicted molar refractivity (Wildman–Crippen MR) is 130 cm³/mol. The van der Waals surface area contributed by atoms with Crippen LogP contribution >= 0.6 is 11.3 Å². The molecule has 0 unspecified atom stereocenters. The quantitative estimate of drug-likeness (QED) is 0.383. The van der Waals surface area contributed by atoms with E-state index >= 15 is 0 Å². The fourth-order valence-electron chi connectivity index (χ4n) is 3.61. The van der Waals surface area contributed by atoms with Gasteiger partial charge in [0.15, 0.2) is 5.65 Å². The molecule has 3 aromatic heterocycles. The molecule has 0 fully saturated rings. The second kappa shape index (κ2) is 9.41. The number of hydrogen-bond donors (Lipinski definition) is 3. The summed E-state index contributed by atoms with van der Waals surface area (Å²) < 4.78 is 1.50. The van der Waals surface area contributed by atoms with Gasteiger partial charge in [-0.2, -0.15) is 4.98 Å². The van der Waals surface area contributed by atoms with E-state index < -0.39 is 0 Å². The number of carbonyl (C=O) groups excluding carboxylic acids is 2. The van der Waals surface area contributed by atoms with Gasteiger partial charge >= 0.3 is 0 Å². The Labute approximate surface area is 195 Å². The van der Waals surface area contributed by atoms with Crippen LogP contribution in [0.4, 0.5) is 5.95 Å². The first-order valence-corrected chi connectivity index (χ1v) is 11.6. The summed E-state index contributed by atoms with van der Waals surface area (Å²) in [6.07, 6.45) is 2.54. The molecule has 4 rings (SSSR count). The number of pyridine rings is 1. The fraction of sp³-hybridized carbons (Fsp3) is 0.250. The molecule has 170 valence electrons. The van der Waals surface area contributed by atoms with Crippen LogP contribution in [0.5, 0.6) is 0 Å². The van der Waals surface area contributed by atoms with E-state index in [0.29, 0.717) is 16.1 Å². The number of amides is 2. The SMILES string of the molecule is CC[C@H](NC(=O)c1cc(-c2cc(C(=O)NC(C)C)c3nc(N)nn3c2)cs1)c1ccccc1. The van der Waals surface area contributed by atoms with Crippen LogP contribution in [-0.4, -0.2) is 32.5 Å². The highest BCUT2D eigenvalue weighted by molar-refractivity contribution is 7.12. The molecule has 0 saturated carbocycles. The van der Waals surface area contributed by atoms with Crippen LogP contribution in [0, 0.1) is 0 Å². The molecule has 0 saturated heterocycles. The van der Waals surface area contributed by atoms with Crippen LogP contribution in [0.25, 0.3) is 16.8 Å². The summed E-state index contributed by atoms with van der Waals surface area (Å²) in [5, 5.41) is 12.1. The Kier molecular flexibility index (Phi) is 6.41. The molecule has 0 radical (unpaired) electrons. The fourth-order valence-corrected chi connectivity index (χ4v) is 4.43. The van der Waals surface area contributed by atoms with Gasteiger partial charge in [-0.05, 0) is 48.9 Å². The van der Waals surface area contributed by atoms with Crippen molar-refractivity contribution in [3.8, 4) is 11.1 Å². The van der Waals surface area contributed by atoms with Crippen molar-refractivity contribution in [2.75, 3.05) is 5.73 Å². The Balaban J connectivity index is 1.63. The van der Waals surface area contributed by atoms with E-state index in [0.717, 1.165) is 23.1 Å². The molecule has 0 spiro atoms. The highest BCUT2D eigenvalue weighted by Gasteiger charge is 2.19. The Morgan fingerprint density at radius 2 is 1.85 bits per heavy atom. The van der Waals surface area contributed by atoms with Gasteiger partial charge < -0.3 is 16.4 Å².